The summed E-state index contributed by atoms with van der Waals surface area (Å²) in [7, 11) is -3.65. The molecular weight excluding hydrogens is 376 g/mol. The van der Waals surface area contributed by atoms with Crippen molar-refractivity contribution in [3.05, 3.63) is 64.7 Å². The van der Waals surface area contributed by atoms with Gasteiger partial charge in [-0.25, -0.2) is 8.42 Å². The average molecular weight is 391 g/mol. The Balaban J connectivity index is 1.60. The molecule has 1 atom stereocenters. The van der Waals surface area contributed by atoms with Crippen LogP contribution in [-0.4, -0.2) is 48.6 Å². The van der Waals surface area contributed by atoms with E-state index in [2.05, 4.69) is 0 Å². The number of imide groups is 1. The first-order valence-electron chi connectivity index (χ1n) is 8.13. The first-order valence-corrected chi connectivity index (χ1v) is 9.94. The number of sulfonamides is 1. The van der Waals surface area contributed by atoms with E-state index in [0.717, 1.165) is 4.90 Å². The molecule has 0 spiro atoms. The van der Waals surface area contributed by atoms with Crippen LogP contribution >= 0.6 is 11.6 Å². The van der Waals surface area contributed by atoms with Gasteiger partial charge in [0.1, 0.15) is 0 Å². The Morgan fingerprint density at radius 2 is 1.69 bits per heavy atom. The van der Waals surface area contributed by atoms with Crippen LogP contribution in [0.4, 0.5) is 0 Å². The molecule has 2 heterocycles. The Morgan fingerprint density at radius 1 is 0.962 bits per heavy atom. The number of carbonyl (C=O) groups is 2. The fraction of sp³-hybridized carbons (Fsp3) is 0.222. The Bertz CT molecular complexity index is 1010. The van der Waals surface area contributed by atoms with Crippen LogP contribution in [0.1, 0.15) is 27.1 Å². The van der Waals surface area contributed by atoms with Crippen LogP contribution in [0, 0.1) is 0 Å². The van der Waals surface area contributed by atoms with Crippen LogP contribution in [0.15, 0.2) is 53.4 Å². The van der Waals surface area contributed by atoms with Gasteiger partial charge < -0.3 is 0 Å². The standard InChI is InChI=1S/C18H15ClN2O4S/c19-15-8-4-7-14-16(15)18(23)21(17(14)22)12-9-10-20(11-12)26(24,25)13-5-2-1-3-6-13/h1-8,12H,9-11H2. The van der Waals surface area contributed by atoms with E-state index in [1.807, 2.05) is 0 Å². The van der Waals surface area contributed by atoms with Crippen molar-refractivity contribution in [3.63, 3.8) is 0 Å². The number of rotatable bonds is 3. The molecule has 8 heteroatoms. The van der Waals surface area contributed by atoms with Crippen LogP contribution in [0.3, 0.4) is 0 Å². The van der Waals surface area contributed by atoms with Gasteiger partial charge in [0.15, 0.2) is 0 Å². The maximum atomic E-state index is 12.7. The minimum atomic E-state index is -3.65. The van der Waals surface area contributed by atoms with Crippen LogP contribution in [0.2, 0.25) is 5.02 Å². The number of halogens is 1. The minimum absolute atomic E-state index is 0.0836. The van der Waals surface area contributed by atoms with E-state index in [0.29, 0.717) is 6.42 Å². The molecule has 2 aliphatic rings. The van der Waals surface area contributed by atoms with Gasteiger partial charge in [-0.1, -0.05) is 35.9 Å². The normalized spacial score (nSPS) is 20.7. The number of carbonyl (C=O) groups excluding carboxylic acids is 2. The molecule has 2 aliphatic heterocycles. The quantitative estimate of drug-likeness (QED) is 0.754. The lowest BCUT2D eigenvalue weighted by Gasteiger charge is -2.22. The average Bonchev–Trinajstić information content (AvgIpc) is 3.21. The van der Waals surface area contributed by atoms with Gasteiger partial charge in [0, 0.05) is 13.1 Å². The number of hydrogen-bond donors (Lipinski definition) is 0. The lowest BCUT2D eigenvalue weighted by Crippen LogP contribution is -2.42. The molecule has 1 unspecified atom stereocenters. The van der Waals surface area contributed by atoms with E-state index >= 15 is 0 Å². The monoisotopic (exact) mass is 390 g/mol. The SMILES string of the molecule is O=C1c2cccc(Cl)c2C(=O)N1C1CCN(S(=O)(=O)c2ccccc2)C1. The van der Waals surface area contributed by atoms with Gasteiger partial charge in [-0.3, -0.25) is 14.5 Å². The molecule has 0 saturated carbocycles. The molecule has 134 valence electrons. The van der Waals surface area contributed by atoms with Crippen LogP contribution < -0.4 is 0 Å². The summed E-state index contributed by atoms with van der Waals surface area (Å²) >= 11 is 6.08. The van der Waals surface area contributed by atoms with E-state index in [-0.39, 0.29) is 34.1 Å². The number of benzene rings is 2. The molecule has 6 nitrogen and oxygen atoms in total. The van der Waals surface area contributed by atoms with E-state index in [9.17, 15) is 18.0 Å². The van der Waals surface area contributed by atoms with E-state index in [4.69, 9.17) is 11.6 Å². The van der Waals surface area contributed by atoms with Crippen molar-refractivity contribution in [1.29, 1.82) is 0 Å². The van der Waals surface area contributed by atoms with E-state index in [1.165, 1.54) is 16.4 Å². The van der Waals surface area contributed by atoms with Gasteiger partial charge in [-0.15, -0.1) is 0 Å². The Hall–Kier alpha value is -2.22. The first-order chi connectivity index (χ1) is 12.4. The molecule has 0 aliphatic carbocycles. The maximum absolute atomic E-state index is 12.7. The molecule has 1 fully saturated rings. The predicted octanol–water partition coefficient (Wildman–Crippen LogP) is 2.40. The van der Waals surface area contributed by atoms with Crippen LogP contribution in [0.5, 0.6) is 0 Å². The largest absolute Gasteiger partial charge is 0.270 e. The summed E-state index contributed by atoms with van der Waals surface area (Å²) in [5.41, 5.74) is 0.468. The molecule has 2 amide bonds. The van der Waals surface area contributed by atoms with Gasteiger partial charge in [-0.05, 0) is 30.7 Å². The summed E-state index contributed by atoms with van der Waals surface area (Å²) in [4.78, 5) is 26.7. The molecule has 0 radical (unpaired) electrons. The molecule has 2 aromatic carbocycles. The van der Waals surface area contributed by atoms with Crippen molar-refractivity contribution in [2.24, 2.45) is 0 Å². The Kier molecular flexibility index (Phi) is 4.10. The first kappa shape index (κ1) is 17.2. The molecule has 1 saturated heterocycles. The van der Waals surface area contributed by atoms with Crippen molar-refractivity contribution in [2.45, 2.75) is 17.4 Å². The van der Waals surface area contributed by atoms with Crippen LogP contribution in [0.25, 0.3) is 0 Å². The Labute approximate surface area is 156 Å². The number of fused-ring (bicyclic) bond motifs is 1. The second kappa shape index (κ2) is 6.19. The smallest absolute Gasteiger partial charge is 0.263 e. The van der Waals surface area contributed by atoms with Gasteiger partial charge in [-0.2, -0.15) is 4.31 Å². The van der Waals surface area contributed by atoms with Gasteiger partial charge in [0.05, 0.1) is 27.1 Å². The lowest BCUT2D eigenvalue weighted by atomic mass is 10.1. The zero-order valence-corrected chi connectivity index (χ0v) is 15.2. The molecule has 2 aromatic rings. The molecule has 4 rings (SSSR count). The topological polar surface area (TPSA) is 74.8 Å². The summed E-state index contributed by atoms with van der Waals surface area (Å²) in [5.74, 6) is -0.879. The summed E-state index contributed by atoms with van der Waals surface area (Å²) in [6.07, 6.45) is 0.398. The van der Waals surface area contributed by atoms with Crippen molar-refractivity contribution in [3.8, 4) is 0 Å². The molecule has 0 bridgehead atoms. The number of hydrogen-bond acceptors (Lipinski definition) is 4. The van der Waals surface area contributed by atoms with Crippen molar-refractivity contribution in [2.75, 3.05) is 13.1 Å². The second-order valence-electron chi connectivity index (χ2n) is 6.26. The highest BCUT2D eigenvalue weighted by Gasteiger charge is 2.45. The summed E-state index contributed by atoms with van der Waals surface area (Å²) in [6, 6.07) is 12.4. The predicted molar refractivity (Wildman–Crippen MR) is 95.6 cm³/mol. The maximum Gasteiger partial charge on any atom is 0.263 e. The van der Waals surface area contributed by atoms with Gasteiger partial charge in [0.25, 0.3) is 11.8 Å². The zero-order valence-electron chi connectivity index (χ0n) is 13.6. The number of amides is 2. The summed E-state index contributed by atoms with van der Waals surface area (Å²) in [5, 5.41) is 0.232. The summed E-state index contributed by atoms with van der Waals surface area (Å²) < 4.78 is 26.8. The minimum Gasteiger partial charge on any atom is -0.270 e. The van der Waals surface area contributed by atoms with Crippen molar-refractivity contribution >= 4 is 33.4 Å². The second-order valence-corrected chi connectivity index (χ2v) is 8.61. The van der Waals surface area contributed by atoms with E-state index < -0.39 is 27.9 Å². The number of nitrogens with zero attached hydrogens (tertiary/aromatic N) is 2. The van der Waals surface area contributed by atoms with Gasteiger partial charge in [0.2, 0.25) is 10.0 Å². The van der Waals surface area contributed by atoms with Crippen molar-refractivity contribution in [1.82, 2.24) is 9.21 Å². The lowest BCUT2D eigenvalue weighted by molar-refractivity contribution is 0.0593. The molecule has 0 N–H and O–H groups in total. The summed E-state index contributed by atoms with van der Waals surface area (Å²) in [6.45, 7) is 0.337. The van der Waals surface area contributed by atoms with Crippen LogP contribution in [-0.2, 0) is 10.0 Å². The third-order valence-corrected chi connectivity index (χ3v) is 6.96. The zero-order chi connectivity index (χ0) is 18.5. The Morgan fingerprint density at radius 3 is 2.38 bits per heavy atom. The third kappa shape index (κ3) is 2.55. The molecule has 26 heavy (non-hydrogen) atoms. The third-order valence-electron chi connectivity index (χ3n) is 4.77. The highest BCUT2D eigenvalue weighted by atomic mass is 35.5. The molecule has 0 aromatic heterocycles. The fourth-order valence-electron chi connectivity index (χ4n) is 3.48. The van der Waals surface area contributed by atoms with Crippen molar-refractivity contribution < 1.29 is 18.0 Å². The fourth-order valence-corrected chi connectivity index (χ4v) is 5.24. The highest BCUT2D eigenvalue weighted by Crippen LogP contribution is 2.33. The molecular formula is C18H15ClN2O4S. The highest BCUT2D eigenvalue weighted by molar-refractivity contribution is 7.89. The van der Waals surface area contributed by atoms with E-state index in [1.54, 1.807) is 36.4 Å². The van der Waals surface area contributed by atoms with Gasteiger partial charge >= 0.3 is 0 Å².